The van der Waals surface area contributed by atoms with Crippen molar-refractivity contribution in [1.82, 2.24) is 0 Å². The zero-order valence-electron chi connectivity index (χ0n) is 12.3. The van der Waals surface area contributed by atoms with Gasteiger partial charge >= 0.3 is 5.97 Å². The van der Waals surface area contributed by atoms with Crippen molar-refractivity contribution in [1.29, 1.82) is 0 Å². The maximum atomic E-state index is 11.8. The Morgan fingerprint density at radius 1 is 1.19 bits per heavy atom. The highest BCUT2D eigenvalue weighted by molar-refractivity contribution is 5.85. The zero-order valence-corrected chi connectivity index (χ0v) is 13.1. The highest BCUT2D eigenvalue weighted by Crippen LogP contribution is 2.34. The van der Waals surface area contributed by atoms with Gasteiger partial charge in [-0.15, -0.1) is 12.4 Å². The highest BCUT2D eigenvalue weighted by Gasteiger charge is 2.36. The number of ether oxygens (including phenoxy) is 1. The van der Waals surface area contributed by atoms with Gasteiger partial charge in [-0.25, -0.2) is 0 Å². The highest BCUT2D eigenvalue weighted by atomic mass is 35.5. The van der Waals surface area contributed by atoms with Crippen LogP contribution in [0.15, 0.2) is 36.4 Å². The van der Waals surface area contributed by atoms with Crippen LogP contribution in [-0.4, -0.2) is 18.2 Å². The molecule has 0 saturated carbocycles. The fourth-order valence-corrected chi connectivity index (χ4v) is 2.25. The summed E-state index contributed by atoms with van der Waals surface area (Å²) < 4.78 is 4.81. The molecule has 5 heteroatoms. The molecule has 0 amide bonds. The lowest BCUT2D eigenvalue weighted by Gasteiger charge is -2.29. The minimum Gasteiger partial charge on any atom is -0.508 e. The van der Waals surface area contributed by atoms with Crippen LogP contribution in [0.2, 0.25) is 0 Å². The van der Waals surface area contributed by atoms with Gasteiger partial charge in [0.2, 0.25) is 0 Å². The Labute approximate surface area is 130 Å². The lowest BCUT2D eigenvalue weighted by Crippen LogP contribution is -2.37. The lowest BCUT2D eigenvalue weighted by atomic mass is 9.80. The molecular weight excluding hydrogens is 290 g/mol. The summed E-state index contributed by atoms with van der Waals surface area (Å²) >= 11 is 0. The number of halogens is 1. The van der Waals surface area contributed by atoms with Gasteiger partial charge in [-0.1, -0.05) is 18.2 Å². The van der Waals surface area contributed by atoms with Gasteiger partial charge in [-0.2, -0.15) is 0 Å². The molecule has 0 aliphatic rings. The Bertz CT molecular complexity index is 655. The first kappa shape index (κ1) is 17.3. The molecule has 0 saturated heterocycles. The molecule has 3 N–H and O–H groups in total. The predicted octanol–water partition coefficient (Wildman–Crippen LogP) is 3.17. The second-order valence-electron chi connectivity index (χ2n) is 5.48. The number of benzene rings is 2. The third-order valence-electron chi connectivity index (χ3n) is 3.70. The van der Waals surface area contributed by atoms with Crippen LogP contribution in [0.3, 0.4) is 0 Å². The van der Waals surface area contributed by atoms with Gasteiger partial charge in [0.15, 0.2) is 0 Å². The third-order valence-corrected chi connectivity index (χ3v) is 3.70. The van der Waals surface area contributed by atoms with Crippen molar-refractivity contribution in [3.05, 3.63) is 42.0 Å². The first-order valence-corrected chi connectivity index (χ1v) is 6.43. The number of rotatable bonds is 3. The van der Waals surface area contributed by atoms with Crippen molar-refractivity contribution in [3.8, 4) is 5.75 Å². The van der Waals surface area contributed by atoms with Crippen LogP contribution in [-0.2, 0) is 9.53 Å². The molecule has 4 nitrogen and oxygen atoms in total. The number of esters is 1. The number of carbonyl (C=O) groups excluding carboxylic acids is 1. The quantitative estimate of drug-likeness (QED) is 0.854. The molecule has 0 bridgehead atoms. The van der Waals surface area contributed by atoms with E-state index in [-0.39, 0.29) is 24.1 Å². The van der Waals surface area contributed by atoms with Crippen LogP contribution in [0.5, 0.6) is 5.75 Å². The number of fused-ring (bicyclic) bond motifs is 1. The minimum atomic E-state index is -0.806. The molecule has 0 fully saturated rings. The largest absolute Gasteiger partial charge is 0.508 e. The molecule has 2 aromatic carbocycles. The Balaban J connectivity index is 0.00000220. The van der Waals surface area contributed by atoms with Crippen LogP contribution in [0, 0.1) is 5.41 Å². The topological polar surface area (TPSA) is 72.5 Å². The van der Waals surface area contributed by atoms with E-state index in [1.54, 1.807) is 26.0 Å². The summed E-state index contributed by atoms with van der Waals surface area (Å²) in [6.07, 6.45) is 0. The molecule has 2 rings (SSSR count). The molecule has 0 aromatic heterocycles. The van der Waals surface area contributed by atoms with Gasteiger partial charge in [0.25, 0.3) is 0 Å². The van der Waals surface area contributed by atoms with E-state index in [1.165, 1.54) is 7.11 Å². The van der Waals surface area contributed by atoms with Crippen molar-refractivity contribution >= 4 is 29.1 Å². The number of phenolic OH excluding ortho intramolecular Hbond substituents is 1. The number of methoxy groups -OCH3 is 1. The van der Waals surface area contributed by atoms with Crippen molar-refractivity contribution in [3.63, 3.8) is 0 Å². The number of aromatic hydroxyl groups is 1. The third kappa shape index (κ3) is 3.28. The van der Waals surface area contributed by atoms with Crippen LogP contribution in [0.4, 0.5) is 0 Å². The number of hydrogen-bond donors (Lipinski definition) is 2. The molecule has 0 aliphatic carbocycles. The molecule has 2 aromatic rings. The number of carbonyl (C=O) groups is 1. The Hall–Kier alpha value is -1.78. The molecule has 114 valence electrons. The summed E-state index contributed by atoms with van der Waals surface area (Å²) in [5.74, 6) is -0.111. The van der Waals surface area contributed by atoms with E-state index in [9.17, 15) is 9.90 Å². The molecule has 0 radical (unpaired) electrons. The SMILES string of the molecule is COC(=O)C(C)(C)[C@@H](N)c1ccc2cc(O)ccc2c1.Cl. The first-order chi connectivity index (χ1) is 9.36. The Kier molecular flexibility index (Phi) is 5.20. The minimum absolute atomic E-state index is 0. The van der Waals surface area contributed by atoms with Crippen molar-refractivity contribution in [2.45, 2.75) is 19.9 Å². The Morgan fingerprint density at radius 2 is 1.76 bits per heavy atom. The molecule has 0 aliphatic heterocycles. The number of nitrogens with two attached hydrogens (primary N) is 1. The molecular formula is C16H20ClNO3. The summed E-state index contributed by atoms with van der Waals surface area (Å²) in [7, 11) is 1.36. The van der Waals surface area contributed by atoms with Crippen LogP contribution in [0.25, 0.3) is 10.8 Å². The summed E-state index contributed by atoms with van der Waals surface area (Å²) in [4.78, 5) is 11.8. The van der Waals surface area contributed by atoms with Crippen LogP contribution in [0.1, 0.15) is 25.5 Å². The van der Waals surface area contributed by atoms with E-state index in [1.807, 2.05) is 24.3 Å². The average molecular weight is 310 g/mol. The van der Waals surface area contributed by atoms with Crippen molar-refractivity contribution < 1.29 is 14.6 Å². The monoisotopic (exact) mass is 309 g/mol. The predicted molar refractivity (Wildman–Crippen MR) is 85.6 cm³/mol. The molecule has 1 atom stereocenters. The molecule has 0 unspecified atom stereocenters. The van der Waals surface area contributed by atoms with Crippen molar-refractivity contribution in [2.24, 2.45) is 11.1 Å². The first-order valence-electron chi connectivity index (χ1n) is 6.43. The van der Waals surface area contributed by atoms with E-state index >= 15 is 0 Å². The summed E-state index contributed by atoms with van der Waals surface area (Å²) in [6, 6.07) is 10.4. The maximum absolute atomic E-state index is 11.8. The van der Waals surface area contributed by atoms with Gasteiger partial charge in [-0.3, -0.25) is 4.79 Å². The molecule has 0 heterocycles. The van der Waals surface area contributed by atoms with E-state index in [0.29, 0.717) is 0 Å². The van der Waals surface area contributed by atoms with E-state index < -0.39 is 11.5 Å². The molecule has 21 heavy (non-hydrogen) atoms. The van der Waals surface area contributed by atoms with Crippen LogP contribution < -0.4 is 5.73 Å². The van der Waals surface area contributed by atoms with Gasteiger partial charge < -0.3 is 15.6 Å². The van der Waals surface area contributed by atoms with Crippen LogP contribution >= 0.6 is 12.4 Å². The summed E-state index contributed by atoms with van der Waals surface area (Å²) in [6.45, 7) is 3.54. The van der Waals surface area contributed by atoms with Gasteiger partial charge in [0.1, 0.15) is 5.75 Å². The number of hydrogen-bond acceptors (Lipinski definition) is 4. The van der Waals surface area contributed by atoms with Crippen molar-refractivity contribution in [2.75, 3.05) is 7.11 Å². The second-order valence-corrected chi connectivity index (χ2v) is 5.48. The standard InChI is InChI=1S/C16H19NO3.ClH/c1-16(2,15(19)20-3)14(17)12-5-4-11-9-13(18)7-6-10(11)8-12;/h4-9,14,18H,17H2,1-3H3;1H/t14-;/m0./s1. The summed E-state index contributed by atoms with van der Waals surface area (Å²) in [5, 5.41) is 11.4. The van der Waals surface area contributed by atoms with Gasteiger partial charge in [0.05, 0.1) is 12.5 Å². The Morgan fingerprint density at radius 3 is 2.38 bits per heavy atom. The van der Waals surface area contributed by atoms with Gasteiger partial charge in [-0.05, 0) is 48.4 Å². The van der Waals surface area contributed by atoms with E-state index in [4.69, 9.17) is 10.5 Å². The van der Waals surface area contributed by atoms with Gasteiger partial charge in [0, 0.05) is 6.04 Å². The fraction of sp³-hybridized carbons (Fsp3) is 0.312. The van der Waals surface area contributed by atoms with E-state index in [2.05, 4.69) is 0 Å². The van der Waals surface area contributed by atoms with E-state index in [0.717, 1.165) is 16.3 Å². The fourth-order valence-electron chi connectivity index (χ4n) is 2.25. The maximum Gasteiger partial charge on any atom is 0.313 e. The lowest BCUT2D eigenvalue weighted by molar-refractivity contribution is -0.152. The number of phenols is 1. The normalized spacial score (nSPS) is 12.6. The smallest absolute Gasteiger partial charge is 0.313 e. The summed E-state index contributed by atoms with van der Waals surface area (Å²) in [5.41, 5.74) is 6.27. The second kappa shape index (κ2) is 6.33. The molecule has 0 spiro atoms. The average Bonchev–Trinajstić information content (AvgIpc) is 2.44. The zero-order chi connectivity index (χ0) is 14.9.